The van der Waals surface area contributed by atoms with Crippen molar-refractivity contribution < 1.29 is 5.11 Å². The van der Waals surface area contributed by atoms with Crippen molar-refractivity contribution in [3.05, 3.63) is 35.9 Å². The van der Waals surface area contributed by atoms with Gasteiger partial charge in [-0.25, -0.2) is 0 Å². The van der Waals surface area contributed by atoms with E-state index in [1.165, 1.54) is 57.8 Å². The molecular weight excluding hydrogens is 244 g/mol. The number of hydrogen-bond donors (Lipinski definition) is 1. The van der Waals surface area contributed by atoms with Crippen LogP contribution in [0.25, 0.3) is 6.08 Å². The molecule has 0 saturated carbocycles. The third-order valence-corrected chi connectivity index (χ3v) is 3.71. The van der Waals surface area contributed by atoms with Gasteiger partial charge in [-0.05, 0) is 18.9 Å². The van der Waals surface area contributed by atoms with Crippen molar-refractivity contribution in [1.29, 1.82) is 0 Å². The number of hydrogen-bond acceptors (Lipinski definition) is 1. The molecule has 0 saturated heterocycles. The van der Waals surface area contributed by atoms with E-state index in [4.69, 9.17) is 0 Å². The van der Waals surface area contributed by atoms with Crippen LogP contribution in [0.3, 0.4) is 0 Å². The van der Waals surface area contributed by atoms with Crippen LogP contribution >= 0.6 is 0 Å². The van der Waals surface area contributed by atoms with Gasteiger partial charge in [0.25, 0.3) is 0 Å². The van der Waals surface area contributed by atoms with E-state index in [1.807, 2.05) is 24.3 Å². The van der Waals surface area contributed by atoms with Crippen molar-refractivity contribution in [1.82, 2.24) is 0 Å². The molecule has 0 aliphatic rings. The summed E-state index contributed by atoms with van der Waals surface area (Å²) in [6, 6.07) is 7.49. The van der Waals surface area contributed by atoms with Gasteiger partial charge >= 0.3 is 0 Å². The Bertz CT molecular complexity index is 368. The first kappa shape index (κ1) is 16.8. The lowest BCUT2D eigenvalue weighted by atomic mass is 10.1. The smallest absolute Gasteiger partial charge is 0.122 e. The van der Waals surface area contributed by atoms with E-state index in [9.17, 15) is 5.11 Å². The quantitative estimate of drug-likeness (QED) is 0.468. The Kier molecular flexibility index (Phi) is 9.73. The fourth-order valence-electron chi connectivity index (χ4n) is 2.41. The van der Waals surface area contributed by atoms with E-state index in [0.29, 0.717) is 5.75 Å². The van der Waals surface area contributed by atoms with Gasteiger partial charge in [-0.1, -0.05) is 88.6 Å². The van der Waals surface area contributed by atoms with Crippen LogP contribution in [-0.2, 0) is 0 Å². The van der Waals surface area contributed by atoms with Crippen molar-refractivity contribution in [3.63, 3.8) is 0 Å². The van der Waals surface area contributed by atoms with Crippen molar-refractivity contribution in [2.75, 3.05) is 0 Å². The average Bonchev–Trinajstić information content (AvgIpc) is 2.46. The first-order valence-electron chi connectivity index (χ1n) is 8.29. The van der Waals surface area contributed by atoms with Crippen LogP contribution in [0.2, 0.25) is 0 Å². The number of benzene rings is 1. The number of aromatic hydroxyl groups is 1. The number of allylic oxidation sites excluding steroid dienone is 1. The number of unbranched alkanes of at least 4 members (excludes halogenated alkanes) is 9. The number of phenolic OH excluding ortho intramolecular Hbond substituents is 1. The predicted octanol–water partition coefficient (Wildman–Crippen LogP) is 6.33. The SMILES string of the molecule is CCCCCCCCCCC/C=C\c1ccccc1O. The van der Waals surface area contributed by atoms with E-state index in [2.05, 4.69) is 13.0 Å². The Labute approximate surface area is 124 Å². The van der Waals surface area contributed by atoms with Crippen LogP contribution in [0, 0.1) is 0 Å². The second kappa shape index (κ2) is 11.6. The van der Waals surface area contributed by atoms with Gasteiger partial charge in [0.2, 0.25) is 0 Å². The molecule has 0 heterocycles. The van der Waals surface area contributed by atoms with Gasteiger partial charge in [-0.2, -0.15) is 0 Å². The number of phenols is 1. The molecular formula is C19H30O. The molecule has 0 aromatic heterocycles. The molecule has 0 unspecified atom stereocenters. The lowest BCUT2D eigenvalue weighted by Gasteiger charge is -2.01. The molecule has 0 spiro atoms. The molecule has 0 bridgehead atoms. The number of rotatable bonds is 11. The minimum atomic E-state index is 0.371. The fraction of sp³-hybridized carbons (Fsp3) is 0.579. The Morgan fingerprint density at radius 2 is 1.45 bits per heavy atom. The van der Waals surface area contributed by atoms with Gasteiger partial charge < -0.3 is 5.11 Å². The first-order valence-corrected chi connectivity index (χ1v) is 8.29. The van der Waals surface area contributed by atoms with E-state index in [-0.39, 0.29) is 0 Å². The summed E-state index contributed by atoms with van der Waals surface area (Å²) in [6.07, 6.45) is 17.7. The molecule has 0 aliphatic carbocycles. The maximum absolute atomic E-state index is 9.62. The second-order valence-corrected chi connectivity index (χ2v) is 5.58. The molecule has 112 valence electrons. The summed E-state index contributed by atoms with van der Waals surface area (Å²) < 4.78 is 0. The van der Waals surface area contributed by atoms with Gasteiger partial charge in [0.15, 0.2) is 0 Å². The minimum absolute atomic E-state index is 0.371. The molecule has 1 nitrogen and oxygen atoms in total. The summed E-state index contributed by atoms with van der Waals surface area (Å²) >= 11 is 0. The molecule has 20 heavy (non-hydrogen) atoms. The zero-order chi connectivity index (χ0) is 14.5. The second-order valence-electron chi connectivity index (χ2n) is 5.58. The highest BCUT2D eigenvalue weighted by Gasteiger charge is 1.94. The summed E-state index contributed by atoms with van der Waals surface area (Å²) in [6.45, 7) is 2.27. The molecule has 0 radical (unpaired) electrons. The van der Waals surface area contributed by atoms with Gasteiger partial charge in [0.05, 0.1) is 0 Å². The summed E-state index contributed by atoms with van der Waals surface area (Å²) in [5.74, 6) is 0.371. The van der Waals surface area contributed by atoms with Crippen LogP contribution in [0.5, 0.6) is 5.75 Å². The highest BCUT2D eigenvalue weighted by molar-refractivity contribution is 5.56. The van der Waals surface area contributed by atoms with Crippen molar-refractivity contribution in [2.24, 2.45) is 0 Å². The molecule has 1 rings (SSSR count). The monoisotopic (exact) mass is 274 g/mol. The van der Waals surface area contributed by atoms with Gasteiger partial charge in [0.1, 0.15) is 5.75 Å². The third-order valence-electron chi connectivity index (χ3n) is 3.71. The van der Waals surface area contributed by atoms with E-state index in [1.54, 1.807) is 6.07 Å². The Hall–Kier alpha value is -1.24. The lowest BCUT2D eigenvalue weighted by molar-refractivity contribution is 0.474. The zero-order valence-electron chi connectivity index (χ0n) is 13.0. The highest BCUT2D eigenvalue weighted by Crippen LogP contribution is 2.17. The molecule has 0 amide bonds. The van der Waals surface area contributed by atoms with Crippen LogP contribution < -0.4 is 0 Å². The van der Waals surface area contributed by atoms with E-state index in [0.717, 1.165) is 12.0 Å². The normalized spacial score (nSPS) is 11.2. The van der Waals surface area contributed by atoms with Crippen LogP contribution in [0.1, 0.15) is 76.7 Å². The summed E-state index contributed by atoms with van der Waals surface area (Å²) in [5, 5.41) is 9.62. The van der Waals surface area contributed by atoms with E-state index >= 15 is 0 Å². The maximum atomic E-state index is 9.62. The van der Waals surface area contributed by atoms with Crippen molar-refractivity contribution in [3.8, 4) is 5.75 Å². The summed E-state index contributed by atoms with van der Waals surface area (Å²) in [4.78, 5) is 0. The van der Waals surface area contributed by atoms with Crippen LogP contribution in [-0.4, -0.2) is 5.11 Å². The molecule has 1 aromatic rings. The predicted molar refractivity (Wildman–Crippen MR) is 89.0 cm³/mol. The van der Waals surface area contributed by atoms with E-state index < -0.39 is 0 Å². The highest BCUT2D eigenvalue weighted by atomic mass is 16.3. The largest absolute Gasteiger partial charge is 0.507 e. The average molecular weight is 274 g/mol. The van der Waals surface area contributed by atoms with Crippen LogP contribution in [0.4, 0.5) is 0 Å². The first-order chi connectivity index (χ1) is 9.84. The van der Waals surface area contributed by atoms with Crippen molar-refractivity contribution in [2.45, 2.75) is 71.1 Å². The molecule has 1 aromatic carbocycles. The van der Waals surface area contributed by atoms with Gasteiger partial charge in [-0.15, -0.1) is 0 Å². The molecule has 0 aliphatic heterocycles. The lowest BCUT2D eigenvalue weighted by Crippen LogP contribution is -1.80. The Morgan fingerprint density at radius 3 is 2.10 bits per heavy atom. The van der Waals surface area contributed by atoms with Gasteiger partial charge in [-0.3, -0.25) is 0 Å². The Morgan fingerprint density at radius 1 is 0.850 bits per heavy atom. The van der Waals surface area contributed by atoms with Crippen LogP contribution in [0.15, 0.2) is 30.3 Å². The summed E-state index contributed by atoms with van der Waals surface area (Å²) in [7, 11) is 0. The minimum Gasteiger partial charge on any atom is -0.507 e. The zero-order valence-corrected chi connectivity index (χ0v) is 13.0. The number of para-hydroxylation sites is 1. The molecule has 1 N–H and O–H groups in total. The Balaban J connectivity index is 1.96. The van der Waals surface area contributed by atoms with Gasteiger partial charge in [0, 0.05) is 5.56 Å². The standard InChI is InChI=1S/C19H30O/c1-2-3-4-5-6-7-8-9-10-11-12-15-18-16-13-14-17-19(18)20/h12-17,20H,2-11H2,1H3/b15-12-. The summed E-state index contributed by atoms with van der Waals surface area (Å²) in [5.41, 5.74) is 0.920. The maximum Gasteiger partial charge on any atom is 0.122 e. The molecule has 0 fully saturated rings. The van der Waals surface area contributed by atoms with Crippen molar-refractivity contribution >= 4 is 6.08 Å². The molecule has 1 heteroatoms. The fourth-order valence-corrected chi connectivity index (χ4v) is 2.41. The topological polar surface area (TPSA) is 20.2 Å². The third kappa shape index (κ3) is 8.04. The molecule has 0 atom stereocenters.